The molecule has 3 heteroatoms. The molecule has 1 aromatic rings. The molecule has 0 amide bonds. The maximum absolute atomic E-state index is 8.77. The molecule has 0 unspecified atom stereocenters. The lowest BCUT2D eigenvalue weighted by Crippen LogP contribution is -1.97. The van der Waals surface area contributed by atoms with Crippen LogP contribution in [0.25, 0.3) is 0 Å². The Balaban J connectivity index is 2.52. The molecule has 0 saturated heterocycles. The fourth-order valence-electron chi connectivity index (χ4n) is 1.06. The molecule has 15 heavy (non-hydrogen) atoms. The van der Waals surface area contributed by atoms with Crippen LogP contribution in [0.3, 0.4) is 0 Å². The smallest absolute Gasteiger partial charge is 0.158 e. The van der Waals surface area contributed by atoms with Crippen molar-refractivity contribution in [1.29, 1.82) is 5.26 Å². The second-order valence-corrected chi connectivity index (χ2v) is 3.16. The molecule has 0 N–H and O–H groups in total. The van der Waals surface area contributed by atoms with Crippen LogP contribution in [0.5, 0.6) is 5.75 Å². The van der Waals surface area contributed by atoms with Gasteiger partial charge in [-0.15, -0.1) is 0 Å². The van der Waals surface area contributed by atoms with Gasteiger partial charge in [-0.25, -0.2) is 0 Å². The Kier molecular flexibility index (Phi) is 4.96. The van der Waals surface area contributed by atoms with E-state index >= 15 is 0 Å². The summed E-state index contributed by atoms with van der Waals surface area (Å²) in [6.45, 7) is 2.08. The summed E-state index contributed by atoms with van der Waals surface area (Å²) in [6.07, 6.45) is 2.69. The first-order valence-electron chi connectivity index (χ1n) is 5.06. The Labute approximate surface area is 90.0 Å². The molecule has 0 aromatic heterocycles. The number of para-hydroxylation sites is 1. The normalized spacial score (nSPS) is 10.8. The monoisotopic (exact) mass is 202 g/mol. The van der Waals surface area contributed by atoms with Crippen LogP contribution in [0.15, 0.2) is 35.5 Å². The highest BCUT2D eigenvalue weighted by molar-refractivity contribution is 5.98. The van der Waals surface area contributed by atoms with E-state index < -0.39 is 0 Å². The first kappa shape index (κ1) is 11.3. The summed E-state index contributed by atoms with van der Waals surface area (Å²) in [7, 11) is 0. The predicted octanol–water partition coefficient (Wildman–Crippen LogP) is 3.14. The number of benzene rings is 1. The molecule has 0 saturated carbocycles. The van der Waals surface area contributed by atoms with Crippen LogP contribution in [0, 0.1) is 11.3 Å². The van der Waals surface area contributed by atoms with Gasteiger partial charge in [-0.1, -0.05) is 36.7 Å². The minimum absolute atomic E-state index is 0.445. The summed E-state index contributed by atoms with van der Waals surface area (Å²) in [5, 5.41) is 12.6. The zero-order valence-electron chi connectivity index (χ0n) is 8.81. The molecule has 0 atom stereocenters. The van der Waals surface area contributed by atoms with Crippen molar-refractivity contribution in [2.24, 2.45) is 5.16 Å². The van der Waals surface area contributed by atoms with E-state index in [1.165, 1.54) is 0 Å². The quantitative estimate of drug-likeness (QED) is 0.544. The van der Waals surface area contributed by atoms with Crippen molar-refractivity contribution in [3.63, 3.8) is 0 Å². The molecule has 0 fully saturated rings. The van der Waals surface area contributed by atoms with Crippen LogP contribution in [0.2, 0.25) is 0 Å². The molecular weight excluding hydrogens is 188 g/mol. The lowest BCUT2D eigenvalue weighted by Gasteiger charge is -1.98. The van der Waals surface area contributed by atoms with Gasteiger partial charge in [0.2, 0.25) is 0 Å². The Hall–Kier alpha value is -1.82. The van der Waals surface area contributed by atoms with Gasteiger partial charge in [0.15, 0.2) is 11.5 Å². The molecule has 0 aliphatic rings. The van der Waals surface area contributed by atoms with Crippen LogP contribution in [0.1, 0.15) is 26.2 Å². The number of hydrogen-bond donors (Lipinski definition) is 0. The Bertz CT molecular complexity index is 352. The average molecular weight is 202 g/mol. The van der Waals surface area contributed by atoms with Gasteiger partial charge >= 0.3 is 0 Å². The molecule has 3 nitrogen and oxygen atoms in total. The SMILES string of the molecule is CCCC/C(C#N)=N/Oc1ccccc1. The highest BCUT2D eigenvalue weighted by atomic mass is 16.6. The molecule has 1 rings (SSSR count). The van der Waals surface area contributed by atoms with E-state index in [1.54, 1.807) is 12.1 Å². The number of unbranched alkanes of at least 4 members (excludes halogenated alkanes) is 1. The van der Waals surface area contributed by atoms with Crippen LogP contribution in [0.4, 0.5) is 0 Å². The molecular formula is C12H14N2O. The van der Waals surface area contributed by atoms with Crippen LogP contribution in [-0.4, -0.2) is 5.71 Å². The largest absolute Gasteiger partial charge is 0.356 e. The van der Waals surface area contributed by atoms with Crippen molar-refractivity contribution >= 4 is 5.71 Å². The van der Waals surface area contributed by atoms with Crippen LogP contribution in [-0.2, 0) is 0 Å². The van der Waals surface area contributed by atoms with Crippen LogP contribution >= 0.6 is 0 Å². The van der Waals surface area contributed by atoms with E-state index in [4.69, 9.17) is 10.1 Å². The zero-order valence-corrected chi connectivity index (χ0v) is 8.81. The first-order valence-corrected chi connectivity index (χ1v) is 5.06. The van der Waals surface area contributed by atoms with Crippen LogP contribution < -0.4 is 4.84 Å². The van der Waals surface area contributed by atoms with Crippen molar-refractivity contribution in [3.05, 3.63) is 30.3 Å². The molecule has 0 radical (unpaired) electrons. The number of nitrogens with zero attached hydrogens (tertiary/aromatic N) is 2. The van der Waals surface area contributed by atoms with E-state index in [0.717, 1.165) is 12.8 Å². The van der Waals surface area contributed by atoms with Crippen molar-refractivity contribution in [1.82, 2.24) is 0 Å². The molecule has 0 aliphatic heterocycles. The van der Waals surface area contributed by atoms with Crippen molar-refractivity contribution < 1.29 is 4.84 Å². The topological polar surface area (TPSA) is 45.4 Å². The molecule has 1 aromatic carbocycles. The highest BCUT2D eigenvalue weighted by Crippen LogP contribution is 2.09. The number of nitriles is 1. The summed E-state index contributed by atoms with van der Waals surface area (Å²) in [4.78, 5) is 5.12. The third kappa shape index (κ3) is 4.28. The summed E-state index contributed by atoms with van der Waals surface area (Å²) < 4.78 is 0. The molecule has 0 aliphatic carbocycles. The predicted molar refractivity (Wildman–Crippen MR) is 59.6 cm³/mol. The van der Waals surface area contributed by atoms with Gasteiger partial charge in [-0.3, -0.25) is 0 Å². The van der Waals surface area contributed by atoms with E-state index in [1.807, 2.05) is 24.3 Å². The second kappa shape index (κ2) is 6.61. The van der Waals surface area contributed by atoms with Crippen molar-refractivity contribution in [2.75, 3.05) is 0 Å². The van der Waals surface area contributed by atoms with E-state index in [2.05, 4.69) is 12.1 Å². The Morgan fingerprint density at radius 3 is 2.73 bits per heavy atom. The van der Waals surface area contributed by atoms with E-state index in [0.29, 0.717) is 17.9 Å². The van der Waals surface area contributed by atoms with Gasteiger partial charge in [0.1, 0.15) is 6.07 Å². The zero-order chi connectivity index (χ0) is 10.9. The minimum Gasteiger partial charge on any atom is -0.356 e. The minimum atomic E-state index is 0.445. The third-order valence-corrected chi connectivity index (χ3v) is 1.90. The fraction of sp³-hybridized carbons (Fsp3) is 0.333. The third-order valence-electron chi connectivity index (χ3n) is 1.90. The summed E-state index contributed by atoms with van der Waals surface area (Å²) in [6, 6.07) is 11.3. The van der Waals surface area contributed by atoms with E-state index in [9.17, 15) is 0 Å². The van der Waals surface area contributed by atoms with Gasteiger partial charge in [0, 0.05) is 6.42 Å². The highest BCUT2D eigenvalue weighted by Gasteiger charge is 1.98. The van der Waals surface area contributed by atoms with Gasteiger partial charge in [-0.05, 0) is 18.6 Å². The second-order valence-electron chi connectivity index (χ2n) is 3.16. The number of oxime groups is 1. The number of hydrogen-bond acceptors (Lipinski definition) is 3. The van der Waals surface area contributed by atoms with E-state index in [-0.39, 0.29) is 0 Å². The first-order chi connectivity index (χ1) is 7.36. The summed E-state index contributed by atoms with van der Waals surface area (Å²) in [5.74, 6) is 0.654. The standard InChI is InChI=1S/C12H14N2O/c1-2-3-7-11(10-13)14-15-12-8-5-4-6-9-12/h4-6,8-9H,2-3,7H2,1H3/b14-11-. The van der Waals surface area contributed by atoms with Gasteiger partial charge in [0.05, 0.1) is 0 Å². The molecule has 0 heterocycles. The maximum Gasteiger partial charge on any atom is 0.158 e. The fourth-order valence-corrected chi connectivity index (χ4v) is 1.06. The van der Waals surface area contributed by atoms with Gasteiger partial charge < -0.3 is 4.84 Å². The van der Waals surface area contributed by atoms with Crippen molar-refractivity contribution in [2.45, 2.75) is 26.2 Å². The molecule has 78 valence electrons. The van der Waals surface area contributed by atoms with Gasteiger partial charge in [0.25, 0.3) is 0 Å². The Morgan fingerprint density at radius 2 is 2.13 bits per heavy atom. The number of rotatable bonds is 5. The average Bonchev–Trinajstić information content (AvgIpc) is 2.31. The molecule has 0 bridgehead atoms. The lowest BCUT2D eigenvalue weighted by atomic mass is 10.2. The Morgan fingerprint density at radius 1 is 1.40 bits per heavy atom. The van der Waals surface area contributed by atoms with Gasteiger partial charge in [-0.2, -0.15) is 5.26 Å². The van der Waals surface area contributed by atoms with Crippen molar-refractivity contribution in [3.8, 4) is 11.8 Å². The lowest BCUT2D eigenvalue weighted by molar-refractivity contribution is 0.340. The molecule has 0 spiro atoms. The maximum atomic E-state index is 8.77. The summed E-state index contributed by atoms with van der Waals surface area (Å²) in [5.41, 5.74) is 0.445. The summed E-state index contributed by atoms with van der Waals surface area (Å²) >= 11 is 0.